The van der Waals surface area contributed by atoms with E-state index in [9.17, 15) is 19.2 Å². The molecule has 0 saturated carbocycles. The van der Waals surface area contributed by atoms with Crippen molar-refractivity contribution in [3.8, 4) is 0 Å². The van der Waals surface area contributed by atoms with Gasteiger partial charge < -0.3 is 14.7 Å². The summed E-state index contributed by atoms with van der Waals surface area (Å²) in [4.78, 5) is 48.9. The highest BCUT2D eigenvalue weighted by molar-refractivity contribution is 7.99. The molecular weight excluding hydrogens is 360 g/mol. The van der Waals surface area contributed by atoms with E-state index in [0.717, 1.165) is 10.5 Å². The summed E-state index contributed by atoms with van der Waals surface area (Å²) in [6.45, 7) is 0.264. The number of carboxylic acids is 1. The largest absolute Gasteiger partial charge is 0.480 e. The molecule has 0 aliphatic carbocycles. The number of carbonyl (C=O) groups excluding carboxylic acids is 3. The molecule has 8 nitrogen and oxygen atoms in total. The van der Waals surface area contributed by atoms with Gasteiger partial charge in [0, 0.05) is 29.2 Å². The van der Waals surface area contributed by atoms with Crippen LogP contribution in [0.2, 0.25) is 0 Å². The standard InChI is InChI=1S/C17H18N2O6S/c20-14-5-4-12(16(23)18-14)19-8-11-10(17(19)24)2-1-3-13(11)26-7-6-25-9-15(21)22/h1-3,12H,4-9H2,(H,21,22)(H,18,20,23). The average Bonchev–Trinajstić information content (AvgIpc) is 2.92. The average molecular weight is 378 g/mol. The summed E-state index contributed by atoms with van der Waals surface area (Å²) in [7, 11) is 0. The first-order valence-corrected chi connectivity index (χ1v) is 9.15. The van der Waals surface area contributed by atoms with Crippen LogP contribution in [0.4, 0.5) is 0 Å². The summed E-state index contributed by atoms with van der Waals surface area (Å²) >= 11 is 1.48. The number of nitrogens with zero attached hydrogens (tertiary/aromatic N) is 1. The highest BCUT2D eigenvalue weighted by Gasteiger charge is 2.39. The Labute approximate surface area is 153 Å². The Morgan fingerprint density at radius 3 is 2.88 bits per heavy atom. The number of benzene rings is 1. The van der Waals surface area contributed by atoms with Crippen LogP contribution in [-0.2, 0) is 25.7 Å². The van der Waals surface area contributed by atoms with Crippen LogP contribution in [0.25, 0.3) is 0 Å². The summed E-state index contributed by atoms with van der Waals surface area (Å²) in [6, 6.07) is 4.77. The van der Waals surface area contributed by atoms with E-state index in [1.807, 2.05) is 6.07 Å². The predicted molar refractivity (Wildman–Crippen MR) is 91.7 cm³/mol. The summed E-state index contributed by atoms with van der Waals surface area (Å²) in [5.74, 6) is -1.41. The number of carbonyl (C=O) groups is 4. The third-order valence-corrected chi connectivity index (χ3v) is 5.31. The number of hydrogen-bond acceptors (Lipinski definition) is 6. The third-order valence-electron chi connectivity index (χ3n) is 4.25. The number of ether oxygens (including phenoxy) is 1. The second-order valence-electron chi connectivity index (χ2n) is 5.98. The molecule has 1 atom stereocenters. The molecule has 9 heteroatoms. The molecule has 0 aromatic heterocycles. The number of hydrogen-bond donors (Lipinski definition) is 2. The Balaban J connectivity index is 1.66. The highest BCUT2D eigenvalue weighted by Crippen LogP contribution is 2.34. The number of fused-ring (bicyclic) bond motifs is 1. The minimum atomic E-state index is -1.01. The molecule has 0 radical (unpaired) electrons. The Hall–Kier alpha value is -2.39. The van der Waals surface area contributed by atoms with Crippen molar-refractivity contribution in [1.29, 1.82) is 0 Å². The second-order valence-corrected chi connectivity index (χ2v) is 7.11. The van der Waals surface area contributed by atoms with Crippen LogP contribution in [0.5, 0.6) is 0 Å². The zero-order chi connectivity index (χ0) is 18.7. The molecule has 1 aromatic rings. The van der Waals surface area contributed by atoms with E-state index >= 15 is 0 Å². The van der Waals surface area contributed by atoms with Gasteiger partial charge in [0.1, 0.15) is 12.6 Å². The minimum absolute atomic E-state index is 0.209. The van der Waals surface area contributed by atoms with E-state index in [2.05, 4.69) is 5.32 Å². The van der Waals surface area contributed by atoms with Crippen molar-refractivity contribution in [1.82, 2.24) is 10.2 Å². The fourth-order valence-corrected chi connectivity index (χ4v) is 4.01. The van der Waals surface area contributed by atoms with E-state index in [0.29, 0.717) is 24.3 Å². The zero-order valence-electron chi connectivity index (χ0n) is 13.9. The first-order chi connectivity index (χ1) is 12.5. The Bertz CT molecular complexity index is 766. The highest BCUT2D eigenvalue weighted by atomic mass is 32.2. The first kappa shape index (κ1) is 18.4. The van der Waals surface area contributed by atoms with Gasteiger partial charge in [-0.05, 0) is 24.1 Å². The molecule has 138 valence electrons. The maximum Gasteiger partial charge on any atom is 0.329 e. The lowest BCUT2D eigenvalue weighted by Gasteiger charge is -2.29. The van der Waals surface area contributed by atoms with Gasteiger partial charge in [-0.25, -0.2) is 4.79 Å². The van der Waals surface area contributed by atoms with E-state index in [1.165, 1.54) is 16.7 Å². The van der Waals surface area contributed by atoms with Crippen molar-refractivity contribution in [3.63, 3.8) is 0 Å². The van der Waals surface area contributed by atoms with Crippen molar-refractivity contribution in [2.24, 2.45) is 0 Å². The number of amides is 3. The molecule has 2 heterocycles. The smallest absolute Gasteiger partial charge is 0.329 e. The number of thioether (sulfide) groups is 1. The SMILES string of the molecule is O=C(O)COCCSc1cccc2c1CN(C1CCC(=O)NC1=O)C2=O. The van der Waals surface area contributed by atoms with Gasteiger partial charge in [-0.2, -0.15) is 0 Å². The van der Waals surface area contributed by atoms with Crippen LogP contribution in [0.1, 0.15) is 28.8 Å². The number of nitrogens with one attached hydrogen (secondary N) is 1. The number of rotatable bonds is 7. The fourth-order valence-electron chi connectivity index (χ4n) is 3.06. The van der Waals surface area contributed by atoms with Gasteiger partial charge >= 0.3 is 5.97 Å². The van der Waals surface area contributed by atoms with Gasteiger partial charge in [-0.3, -0.25) is 19.7 Å². The van der Waals surface area contributed by atoms with E-state index in [4.69, 9.17) is 9.84 Å². The lowest BCUT2D eigenvalue weighted by Crippen LogP contribution is -2.52. The molecule has 0 spiro atoms. The van der Waals surface area contributed by atoms with Gasteiger partial charge in [0.05, 0.1) is 6.61 Å². The number of carboxylic acid groups (broad SMARTS) is 1. The van der Waals surface area contributed by atoms with Crippen molar-refractivity contribution < 1.29 is 29.0 Å². The van der Waals surface area contributed by atoms with Gasteiger partial charge in [-0.15, -0.1) is 11.8 Å². The molecular formula is C17H18N2O6S. The predicted octanol–water partition coefficient (Wildman–Crippen LogP) is 0.641. The van der Waals surface area contributed by atoms with Crippen LogP contribution >= 0.6 is 11.8 Å². The molecule has 26 heavy (non-hydrogen) atoms. The topological polar surface area (TPSA) is 113 Å². The van der Waals surface area contributed by atoms with Crippen LogP contribution in [0, 0.1) is 0 Å². The molecule has 3 rings (SSSR count). The molecule has 2 aliphatic rings. The molecule has 0 bridgehead atoms. The molecule has 3 amide bonds. The first-order valence-electron chi connectivity index (χ1n) is 8.16. The molecule has 1 unspecified atom stereocenters. The van der Waals surface area contributed by atoms with Gasteiger partial charge in [0.25, 0.3) is 5.91 Å². The molecule has 2 N–H and O–H groups in total. The Morgan fingerprint density at radius 1 is 1.35 bits per heavy atom. The van der Waals surface area contributed by atoms with Gasteiger partial charge in [-0.1, -0.05) is 6.07 Å². The summed E-state index contributed by atoms with van der Waals surface area (Å²) < 4.78 is 5.02. The minimum Gasteiger partial charge on any atom is -0.480 e. The van der Waals surface area contributed by atoms with Crippen LogP contribution in [0.15, 0.2) is 23.1 Å². The maximum absolute atomic E-state index is 12.7. The van der Waals surface area contributed by atoms with Crippen LogP contribution < -0.4 is 5.32 Å². The fraction of sp³-hybridized carbons (Fsp3) is 0.412. The number of imide groups is 1. The van der Waals surface area contributed by atoms with Crippen molar-refractivity contribution in [2.45, 2.75) is 30.3 Å². The van der Waals surface area contributed by atoms with E-state index < -0.39 is 17.9 Å². The van der Waals surface area contributed by atoms with Crippen molar-refractivity contribution in [2.75, 3.05) is 19.0 Å². The lowest BCUT2D eigenvalue weighted by molar-refractivity contribution is -0.142. The zero-order valence-corrected chi connectivity index (χ0v) is 14.7. The second kappa shape index (κ2) is 7.88. The lowest BCUT2D eigenvalue weighted by atomic mass is 10.0. The summed E-state index contributed by atoms with van der Waals surface area (Å²) in [5.41, 5.74) is 1.41. The van der Waals surface area contributed by atoms with Crippen LogP contribution in [-0.4, -0.2) is 58.7 Å². The number of aliphatic carboxylic acids is 1. The monoisotopic (exact) mass is 378 g/mol. The normalized spacial score (nSPS) is 19.5. The maximum atomic E-state index is 12.7. The van der Waals surface area contributed by atoms with Crippen molar-refractivity contribution in [3.05, 3.63) is 29.3 Å². The molecule has 2 aliphatic heterocycles. The van der Waals surface area contributed by atoms with E-state index in [-0.39, 0.29) is 31.4 Å². The molecule has 1 saturated heterocycles. The van der Waals surface area contributed by atoms with Crippen LogP contribution in [0.3, 0.4) is 0 Å². The number of piperidine rings is 1. The molecule has 1 aromatic carbocycles. The summed E-state index contributed by atoms with van der Waals surface area (Å²) in [5, 5.41) is 10.8. The Kier molecular flexibility index (Phi) is 5.58. The Morgan fingerprint density at radius 2 is 2.15 bits per heavy atom. The van der Waals surface area contributed by atoms with Gasteiger partial charge in [0.2, 0.25) is 11.8 Å². The third kappa shape index (κ3) is 3.88. The molecule has 1 fully saturated rings. The quantitative estimate of drug-likeness (QED) is 0.407. The van der Waals surface area contributed by atoms with E-state index in [1.54, 1.807) is 12.1 Å². The van der Waals surface area contributed by atoms with Gasteiger partial charge in [0.15, 0.2) is 0 Å². The van der Waals surface area contributed by atoms with Crippen molar-refractivity contribution >= 4 is 35.5 Å². The summed E-state index contributed by atoms with van der Waals surface area (Å²) in [6.07, 6.45) is 0.551.